The molecule has 0 aliphatic heterocycles. The third-order valence-electron chi connectivity index (χ3n) is 2.09. The molecule has 0 fully saturated rings. The first kappa shape index (κ1) is 13.9. The first-order chi connectivity index (χ1) is 7.68. The van der Waals surface area contributed by atoms with Crippen LogP contribution >= 0.6 is 23.4 Å². The molecule has 0 aliphatic carbocycles. The van der Waals surface area contributed by atoms with Crippen LogP contribution in [0.3, 0.4) is 0 Å². The lowest BCUT2D eigenvalue weighted by atomic mass is 10.2. The molecule has 0 radical (unpaired) electrons. The maximum absolute atomic E-state index is 5.91. The fourth-order valence-corrected chi connectivity index (χ4v) is 2.48. The van der Waals surface area contributed by atoms with Crippen LogP contribution in [0.15, 0.2) is 24.3 Å². The van der Waals surface area contributed by atoms with Gasteiger partial charge in [0.1, 0.15) is 0 Å². The molecule has 0 heterocycles. The van der Waals surface area contributed by atoms with Crippen molar-refractivity contribution in [1.82, 2.24) is 5.32 Å². The third kappa shape index (κ3) is 6.41. The van der Waals surface area contributed by atoms with Gasteiger partial charge in [-0.15, -0.1) is 0 Å². The Morgan fingerprint density at radius 3 is 2.88 bits per heavy atom. The maximum Gasteiger partial charge on any atom is 0.0409 e. The summed E-state index contributed by atoms with van der Waals surface area (Å²) in [6.07, 6.45) is 0. The van der Waals surface area contributed by atoms with E-state index in [0.29, 0.717) is 0 Å². The van der Waals surface area contributed by atoms with Crippen molar-refractivity contribution in [2.24, 2.45) is 5.92 Å². The zero-order valence-corrected chi connectivity index (χ0v) is 11.6. The number of hydrogen-bond donors (Lipinski definition) is 1. The predicted octanol–water partition coefficient (Wildman–Crippen LogP) is 3.82. The number of hydrogen-bond acceptors (Lipinski definition) is 2. The van der Waals surface area contributed by atoms with Crippen molar-refractivity contribution in [3.63, 3.8) is 0 Å². The van der Waals surface area contributed by atoms with Crippen molar-refractivity contribution in [3.8, 4) is 0 Å². The first-order valence-corrected chi connectivity index (χ1v) is 7.24. The van der Waals surface area contributed by atoms with Crippen molar-refractivity contribution in [2.75, 3.05) is 18.1 Å². The van der Waals surface area contributed by atoms with E-state index in [0.717, 1.165) is 24.0 Å². The summed E-state index contributed by atoms with van der Waals surface area (Å²) in [6, 6.07) is 8.01. The average molecular weight is 258 g/mol. The molecule has 16 heavy (non-hydrogen) atoms. The number of halogens is 1. The smallest absolute Gasteiger partial charge is 0.0409 e. The zero-order chi connectivity index (χ0) is 11.8. The van der Waals surface area contributed by atoms with Crippen LogP contribution in [0.5, 0.6) is 0 Å². The lowest BCUT2D eigenvalue weighted by Crippen LogP contribution is -2.16. The standard InChI is InChI=1S/C13H20ClNS/c1-11(2)10-16-7-6-15-9-12-4-3-5-13(14)8-12/h3-5,8,11,15H,6-7,9-10H2,1-2H3. The fourth-order valence-electron chi connectivity index (χ4n) is 1.34. The highest BCUT2D eigenvalue weighted by atomic mass is 35.5. The molecule has 1 aromatic carbocycles. The monoisotopic (exact) mass is 257 g/mol. The van der Waals surface area contributed by atoms with Gasteiger partial charge in [-0.2, -0.15) is 11.8 Å². The molecule has 0 saturated carbocycles. The molecule has 0 aliphatic rings. The van der Waals surface area contributed by atoms with Crippen molar-refractivity contribution >= 4 is 23.4 Å². The Hall–Kier alpha value is -0.180. The summed E-state index contributed by atoms with van der Waals surface area (Å²) in [7, 11) is 0. The lowest BCUT2D eigenvalue weighted by Gasteiger charge is -2.06. The zero-order valence-electron chi connectivity index (χ0n) is 10.0. The van der Waals surface area contributed by atoms with Crippen LogP contribution in [-0.2, 0) is 6.54 Å². The number of nitrogens with one attached hydrogen (secondary N) is 1. The van der Waals surface area contributed by atoms with E-state index in [1.54, 1.807) is 0 Å². The molecule has 1 aromatic rings. The second-order valence-corrected chi connectivity index (χ2v) is 5.86. The molecule has 1 N–H and O–H groups in total. The number of thioether (sulfide) groups is 1. The van der Waals surface area contributed by atoms with Crippen LogP contribution in [0.1, 0.15) is 19.4 Å². The van der Waals surface area contributed by atoms with Gasteiger partial charge in [0.15, 0.2) is 0 Å². The molecule has 0 bridgehead atoms. The molecule has 3 heteroatoms. The van der Waals surface area contributed by atoms with Gasteiger partial charge in [0.25, 0.3) is 0 Å². The molecule has 0 aromatic heterocycles. The summed E-state index contributed by atoms with van der Waals surface area (Å²) in [4.78, 5) is 0. The molecule has 0 unspecified atom stereocenters. The van der Waals surface area contributed by atoms with Gasteiger partial charge in [-0.3, -0.25) is 0 Å². The van der Waals surface area contributed by atoms with E-state index >= 15 is 0 Å². The quantitative estimate of drug-likeness (QED) is 0.746. The van der Waals surface area contributed by atoms with Crippen LogP contribution in [0.4, 0.5) is 0 Å². The minimum atomic E-state index is 0.790. The highest BCUT2D eigenvalue weighted by Gasteiger charge is 1.95. The van der Waals surface area contributed by atoms with E-state index in [2.05, 4.69) is 25.2 Å². The Balaban J connectivity index is 2.07. The van der Waals surface area contributed by atoms with Gasteiger partial charge in [-0.05, 0) is 29.4 Å². The Morgan fingerprint density at radius 1 is 1.38 bits per heavy atom. The van der Waals surface area contributed by atoms with Crippen molar-refractivity contribution in [3.05, 3.63) is 34.9 Å². The topological polar surface area (TPSA) is 12.0 Å². The number of rotatable bonds is 7. The van der Waals surface area contributed by atoms with Crippen LogP contribution in [0.2, 0.25) is 5.02 Å². The second kappa shape index (κ2) is 7.99. The van der Waals surface area contributed by atoms with Gasteiger partial charge in [-0.1, -0.05) is 37.6 Å². The van der Waals surface area contributed by atoms with E-state index in [4.69, 9.17) is 11.6 Å². The van der Waals surface area contributed by atoms with E-state index in [1.165, 1.54) is 17.1 Å². The Kier molecular flexibility index (Phi) is 6.93. The summed E-state index contributed by atoms with van der Waals surface area (Å²) in [5.41, 5.74) is 1.25. The number of benzene rings is 1. The van der Waals surface area contributed by atoms with Gasteiger partial charge >= 0.3 is 0 Å². The molecule has 0 amide bonds. The molecule has 0 spiro atoms. The van der Waals surface area contributed by atoms with Crippen LogP contribution in [-0.4, -0.2) is 18.1 Å². The Bertz CT molecular complexity index is 302. The summed E-state index contributed by atoms with van der Waals surface area (Å²) < 4.78 is 0. The van der Waals surface area contributed by atoms with Crippen molar-refractivity contribution < 1.29 is 0 Å². The van der Waals surface area contributed by atoms with E-state index in [-0.39, 0.29) is 0 Å². The molecule has 0 saturated heterocycles. The lowest BCUT2D eigenvalue weighted by molar-refractivity contribution is 0.726. The van der Waals surface area contributed by atoms with Crippen LogP contribution in [0.25, 0.3) is 0 Å². The Morgan fingerprint density at radius 2 is 2.19 bits per heavy atom. The van der Waals surface area contributed by atoms with E-state index in [1.807, 2.05) is 30.0 Å². The maximum atomic E-state index is 5.91. The molecule has 0 atom stereocenters. The molecule has 1 nitrogen and oxygen atoms in total. The first-order valence-electron chi connectivity index (χ1n) is 5.71. The minimum Gasteiger partial charge on any atom is -0.312 e. The van der Waals surface area contributed by atoms with Crippen molar-refractivity contribution in [1.29, 1.82) is 0 Å². The largest absolute Gasteiger partial charge is 0.312 e. The SMILES string of the molecule is CC(C)CSCCNCc1cccc(Cl)c1. The third-order valence-corrected chi connectivity index (χ3v) is 3.72. The van der Waals surface area contributed by atoms with E-state index in [9.17, 15) is 0 Å². The summed E-state index contributed by atoms with van der Waals surface area (Å²) in [6.45, 7) is 6.48. The Labute approximate surface area is 108 Å². The van der Waals surface area contributed by atoms with Crippen molar-refractivity contribution in [2.45, 2.75) is 20.4 Å². The molecule has 1 rings (SSSR count). The fraction of sp³-hybridized carbons (Fsp3) is 0.538. The molecule has 90 valence electrons. The van der Waals surface area contributed by atoms with Gasteiger partial charge in [0, 0.05) is 23.9 Å². The second-order valence-electron chi connectivity index (χ2n) is 4.28. The normalized spacial score (nSPS) is 11.0. The van der Waals surface area contributed by atoms with Gasteiger partial charge in [-0.25, -0.2) is 0 Å². The summed E-state index contributed by atoms with van der Waals surface area (Å²) in [5.74, 6) is 3.22. The van der Waals surface area contributed by atoms with Gasteiger partial charge in [0.05, 0.1) is 0 Å². The van der Waals surface area contributed by atoms with Crippen LogP contribution in [0, 0.1) is 5.92 Å². The highest BCUT2D eigenvalue weighted by molar-refractivity contribution is 7.99. The minimum absolute atomic E-state index is 0.790. The summed E-state index contributed by atoms with van der Waals surface area (Å²) in [5, 5.41) is 4.24. The average Bonchev–Trinajstić information content (AvgIpc) is 2.23. The van der Waals surface area contributed by atoms with Crippen LogP contribution < -0.4 is 5.32 Å². The predicted molar refractivity (Wildman–Crippen MR) is 75.3 cm³/mol. The van der Waals surface area contributed by atoms with Gasteiger partial charge in [0.2, 0.25) is 0 Å². The summed E-state index contributed by atoms with van der Waals surface area (Å²) >= 11 is 7.92. The van der Waals surface area contributed by atoms with E-state index < -0.39 is 0 Å². The molecular weight excluding hydrogens is 238 g/mol. The van der Waals surface area contributed by atoms with Gasteiger partial charge < -0.3 is 5.32 Å². The highest BCUT2D eigenvalue weighted by Crippen LogP contribution is 2.10. The molecular formula is C13H20ClNS.